The molecule has 0 aromatic carbocycles. The Hall–Kier alpha value is -0.160. The van der Waals surface area contributed by atoms with E-state index in [0.29, 0.717) is 0 Å². The lowest BCUT2D eigenvalue weighted by molar-refractivity contribution is -0.450. The van der Waals surface area contributed by atoms with Gasteiger partial charge >= 0.3 is 0 Å². The molecule has 0 bridgehead atoms. The topological polar surface area (TPSA) is 36.9 Å². The van der Waals surface area contributed by atoms with Gasteiger partial charge in [0.2, 0.25) is 11.6 Å². The Balaban J connectivity index is 2.20. The Labute approximate surface area is 97.2 Å². The molecule has 0 amide bonds. The second kappa shape index (κ2) is 4.26. The van der Waals surface area contributed by atoms with Gasteiger partial charge in [-0.2, -0.15) is 0 Å². The molecule has 2 fully saturated rings. The molecule has 16 heavy (non-hydrogen) atoms. The lowest BCUT2D eigenvalue weighted by Gasteiger charge is -2.53. The molecule has 2 rings (SSSR count). The van der Waals surface area contributed by atoms with Crippen LogP contribution in [0.3, 0.4) is 0 Å². The molecule has 1 saturated carbocycles. The molecule has 0 radical (unpaired) electrons. The van der Waals surface area contributed by atoms with Gasteiger partial charge in [0, 0.05) is 14.2 Å². The Morgan fingerprint density at radius 1 is 0.875 bits per heavy atom. The van der Waals surface area contributed by atoms with E-state index in [-0.39, 0.29) is 12.2 Å². The standard InChI is InChI=1S/C12H22O4/c1-11(13-3)12(2,14-4)16-10-8-6-5-7-9(10)15-11/h9-10H,5-8H2,1-4H3/t9-,10-,11?,12?/m0/s1. The van der Waals surface area contributed by atoms with Gasteiger partial charge in [-0.05, 0) is 26.7 Å². The van der Waals surface area contributed by atoms with E-state index in [2.05, 4.69) is 0 Å². The smallest absolute Gasteiger partial charge is 0.220 e. The maximum atomic E-state index is 6.06. The molecule has 1 saturated heterocycles. The maximum absolute atomic E-state index is 6.06. The van der Waals surface area contributed by atoms with Crippen LogP contribution in [0, 0.1) is 0 Å². The van der Waals surface area contributed by atoms with Crippen LogP contribution in [-0.2, 0) is 18.9 Å². The van der Waals surface area contributed by atoms with Gasteiger partial charge < -0.3 is 18.9 Å². The highest BCUT2D eigenvalue weighted by molar-refractivity contribution is 4.92. The van der Waals surface area contributed by atoms with E-state index in [1.165, 1.54) is 12.8 Å². The van der Waals surface area contributed by atoms with Crippen molar-refractivity contribution in [1.29, 1.82) is 0 Å². The average molecular weight is 230 g/mol. The first-order chi connectivity index (χ1) is 7.54. The van der Waals surface area contributed by atoms with E-state index in [9.17, 15) is 0 Å². The van der Waals surface area contributed by atoms with E-state index in [4.69, 9.17) is 18.9 Å². The first-order valence-electron chi connectivity index (χ1n) is 6.00. The fourth-order valence-corrected chi connectivity index (χ4v) is 2.59. The van der Waals surface area contributed by atoms with Crippen molar-refractivity contribution in [1.82, 2.24) is 0 Å². The summed E-state index contributed by atoms with van der Waals surface area (Å²) in [5.74, 6) is -1.67. The second-order valence-electron chi connectivity index (χ2n) is 4.90. The summed E-state index contributed by atoms with van der Waals surface area (Å²) in [4.78, 5) is 0. The third kappa shape index (κ3) is 1.78. The first kappa shape index (κ1) is 12.3. The summed E-state index contributed by atoms with van der Waals surface area (Å²) in [6.07, 6.45) is 4.78. The molecule has 94 valence electrons. The lowest BCUT2D eigenvalue weighted by Crippen LogP contribution is -2.65. The van der Waals surface area contributed by atoms with E-state index in [1.54, 1.807) is 14.2 Å². The zero-order chi connectivity index (χ0) is 11.8. The molecule has 0 spiro atoms. The summed E-state index contributed by atoms with van der Waals surface area (Å²) in [6.45, 7) is 3.75. The van der Waals surface area contributed by atoms with Gasteiger partial charge in [-0.1, -0.05) is 12.8 Å². The number of rotatable bonds is 2. The summed E-state index contributed by atoms with van der Waals surface area (Å²) in [5, 5.41) is 0. The van der Waals surface area contributed by atoms with E-state index in [0.717, 1.165) is 12.8 Å². The third-order valence-electron chi connectivity index (χ3n) is 4.00. The van der Waals surface area contributed by atoms with Crippen molar-refractivity contribution in [2.24, 2.45) is 0 Å². The van der Waals surface area contributed by atoms with Crippen LogP contribution in [0.15, 0.2) is 0 Å². The molecule has 1 heterocycles. The van der Waals surface area contributed by atoms with Crippen LogP contribution in [0.5, 0.6) is 0 Å². The minimum atomic E-state index is -0.833. The van der Waals surface area contributed by atoms with Crippen LogP contribution in [0.2, 0.25) is 0 Å². The molecule has 2 aliphatic rings. The fourth-order valence-electron chi connectivity index (χ4n) is 2.59. The van der Waals surface area contributed by atoms with Gasteiger partial charge in [0.15, 0.2) is 0 Å². The normalized spacial score (nSPS) is 48.8. The summed E-state index contributed by atoms with van der Waals surface area (Å²) >= 11 is 0. The largest absolute Gasteiger partial charge is 0.349 e. The number of hydrogen-bond donors (Lipinski definition) is 0. The minimum absolute atomic E-state index is 0.141. The van der Waals surface area contributed by atoms with Crippen molar-refractivity contribution >= 4 is 0 Å². The van der Waals surface area contributed by atoms with Crippen molar-refractivity contribution in [3.05, 3.63) is 0 Å². The van der Waals surface area contributed by atoms with Gasteiger partial charge in [0.25, 0.3) is 0 Å². The monoisotopic (exact) mass is 230 g/mol. The molecule has 1 aliphatic carbocycles. The first-order valence-corrected chi connectivity index (χ1v) is 6.00. The van der Waals surface area contributed by atoms with Gasteiger partial charge in [-0.3, -0.25) is 0 Å². The molecular formula is C12H22O4. The van der Waals surface area contributed by atoms with Crippen molar-refractivity contribution < 1.29 is 18.9 Å². The number of ether oxygens (including phenoxy) is 4. The molecule has 2 unspecified atom stereocenters. The molecular weight excluding hydrogens is 208 g/mol. The highest BCUT2D eigenvalue weighted by Crippen LogP contribution is 2.42. The molecule has 0 N–H and O–H groups in total. The van der Waals surface area contributed by atoms with Crippen LogP contribution in [-0.4, -0.2) is 38.0 Å². The molecule has 0 aromatic heterocycles. The zero-order valence-electron chi connectivity index (χ0n) is 10.6. The summed E-state index contributed by atoms with van der Waals surface area (Å²) < 4.78 is 23.0. The van der Waals surface area contributed by atoms with E-state index < -0.39 is 11.6 Å². The zero-order valence-corrected chi connectivity index (χ0v) is 10.6. The van der Waals surface area contributed by atoms with Crippen LogP contribution in [0.4, 0.5) is 0 Å². The highest BCUT2D eigenvalue weighted by Gasteiger charge is 2.56. The highest BCUT2D eigenvalue weighted by atomic mass is 16.8. The van der Waals surface area contributed by atoms with Crippen molar-refractivity contribution in [3.8, 4) is 0 Å². The number of hydrogen-bond acceptors (Lipinski definition) is 4. The Morgan fingerprint density at radius 2 is 1.25 bits per heavy atom. The summed E-state index contributed by atoms with van der Waals surface area (Å²) in [6, 6.07) is 0. The van der Waals surface area contributed by atoms with Gasteiger partial charge in [0.05, 0.1) is 12.2 Å². The fraction of sp³-hybridized carbons (Fsp3) is 1.00. The molecule has 4 atom stereocenters. The predicted molar refractivity (Wildman–Crippen MR) is 59.0 cm³/mol. The average Bonchev–Trinajstić information content (AvgIpc) is 2.30. The summed E-state index contributed by atoms with van der Waals surface area (Å²) in [5.41, 5.74) is 0. The Morgan fingerprint density at radius 3 is 1.56 bits per heavy atom. The van der Waals surface area contributed by atoms with Crippen molar-refractivity contribution in [2.45, 2.75) is 63.3 Å². The van der Waals surface area contributed by atoms with Crippen LogP contribution >= 0.6 is 0 Å². The molecule has 1 aliphatic heterocycles. The van der Waals surface area contributed by atoms with Gasteiger partial charge in [0.1, 0.15) is 0 Å². The van der Waals surface area contributed by atoms with Crippen LogP contribution < -0.4 is 0 Å². The Kier molecular flexibility index (Phi) is 3.27. The van der Waals surface area contributed by atoms with Gasteiger partial charge in [-0.15, -0.1) is 0 Å². The van der Waals surface area contributed by atoms with E-state index >= 15 is 0 Å². The number of fused-ring (bicyclic) bond motifs is 1. The van der Waals surface area contributed by atoms with E-state index in [1.807, 2.05) is 13.8 Å². The third-order valence-corrected chi connectivity index (χ3v) is 4.00. The quantitative estimate of drug-likeness (QED) is 0.727. The Bertz CT molecular complexity index is 231. The minimum Gasteiger partial charge on any atom is -0.349 e. The SMILES string of the molecule is COC1(C)O[C@H]2CCCC[C@@H]2OC1(C)OC. The van der Waals surface area contributed by atoms with Gasteiger partial charge in [-0.25, -0.2) is 0 Å². The van der Waals surface area contributed by atoms with Crippen LogP contribution in [0.1, 0.15) is 39.5 Å². The van der Waals surface area contributed by atoms with Crippen molar-refractivity contribution in [3.63, 3.8) is 0 Å². The molecule has 0 aromatic rings. The lowest BCUT2D eigenvalue weighted by atomic mass is 9.91. The maximum Gasteiger partial charge on any atom is 0.220 e. The summed E-state index contributed by atoms with van der Waals surface area (Å²) in [7, 11) is 3.26. The predicted octanol–water partition coefficient (Wildman–Crippen LogP) is 2.07. The molecule has 4 nitrogen and oxygen atoms in total. The number of methoxy groups -OCH3 is 2. The van der Waals surface area contributed by atoms with Crippen molar-refractivity contribution in [2.75, 3.05) is 14.2 Å². The van der Waals surface area contributed by atoms with Crippen LogP contribution in [0.25, 0.3) is 0 Å². The second-order valence-corrected chi connectivity index (χ2v) is 4.90. The molecule has 4 heteroatoms.